The highest BCUT2D eigenvalue weighted by atomic mass is 19.2. The van der Waals surface area contributed by atoms with Crippen LogP contribution in [0.1, 0.15) is 10.4 Å². The molecular formula is C17H13F2N3O2. The molecule has 0 atom stereocenters. The van der Waals surface area contributed by atoms with Gasteiger partial charge in [-0.3, -0.25) is 4.79 Å². The first-order chi connectivity index (χ1) is 11.4. The third-order valence-electron chi connectivity index (χ3n) is 3.69. The molecule has 0 radical (unpaired) electrons. The molecule has 5 nitrogen and oxygen atoms in total. The van der Waals surface area contributed by atoms with Crippen LogP contribution in [0.4, 0.5) is 14.5 Å². The van der Waals surface area contributed by atoms with Crippen molar-refractivity contribution in [3.63, 3.8) is 0 Å². The lowest BCUT2D eigenvalue weighted by atomic mass is 10.00. The van der Waals surface area contributed by atoms with Gasteiger partial charge in [-0.15, -0.1) is 0 Å². The number of nitrogens with zero attached hydrogens (tertiary/aromatic N) is 1. The first-order valence-corrected chi connectivity index (χ1v) is 6.95. The second-order valence-corrected chi connectivity index (χ2v) is 5.10. The number of benzene rings is 2. The first-order valence-electron chi connectivity index (χ1n) is 6.95. The SMILES string of the molecule is COc1ccc2c(N)c(C(N)=O)c(-c3cccc(F)c3F)nc2c1. The lowest BCUT2D eigenvalue weighted by molar-refractivity contribution is 0.100. The minimum absolute atomic E-state index is 0.0498. The average molecular weight is 329 g/mol. The van der Waals surface area contributed by atoms with Crippen molar-refractivity contribution in [3.05, 3.63) is 53.6 Å². The summed E-state index contributed by atoms with van der Waals surface area (Å²) in [4.78, 5) is 16.1. The zero-order chi connectivity index (χ0) is 17.4. The van der Waals surface area contributed by atoms with Gasteiger partial charge in [-0.25, -0.2) is 13.8 Å². The van der Waals surface area contributed by atoms with Crippen LogP contribution in [0.15, 0.2) is 36.4 Å². The molecule has 1 amide bonds. The Labute approximate surface area is 135 Å². The molecule has 0 aliphatic rings. The van der Waals surface area contributed by atoms with Gasteiger partial charge in [0.05, 0.1) is 29.6 Å². The molecule has 24 heavy (non-hydrogen) atoms. The molecule has 1 heterocycles. The Bertz CT molecular complexity index is 974. The molecule has 4 N–H and O–H groups in total. The number of hydrogen-bond donors (Lipinski definition) is 2. The van der Waals surface area contributed by atoms with E-state index in [1.807, 2.05) is 0 Å². The predicted octanol–water partition coefficient (Wildman–Crippen LogP) is 2.87. The van der Waals surface area contributed by atoms with Crippen LogP contribution in [0.5, 0.6) is 5.75 Å². The van der Waals surface area contributed by atoms with Crippen molar-refractivity contribution >= 4 is 22.5 Å². The van der Waals surface area contributed by atoms with Crippen LogP contribution in [0.2, 0.25) is 0 Å². The number of nitrogen functional groups attached to an aromatic ring is 1. The van der Waals surface area contributed by atoms with Crippen molar-refractivity contribution < 1.29 is 18.3 Å². The lowest BCUT2D eigenvalue weighted by Gasteiger charge is -2.13. The summed E-state index contributed by atoms with van der Waals surface area (Å²) in [5.41, 5.74) is 11.4. The van der Waals surface area contributed by atoms with Crippen molar-refractivity contribution in [3.8, 4) is 17.0 Å². The summed E-state index contributed by atoms with van der Waals surface area (Å²) in [5.74, 6) is -2.56. The van der Waals surface area contributed by atoms with Crippen LogP contribution in [0, 0.1) is 11.6 Å². The number of aromatic nitrogens is 1. The van der Waals surface area contributed by atoms with Gasteiger partial charge in [0.15, 0.2) is 11.6 Å². The monoisotopic (exact) mass is 329 g/mol. The topological polar surface area (TPSA) is 91.2 Å². The highest BCUT2D eigenvalue weighted by molar-refractivity contribution is 6.10. The summed E-state index contributed by atoms with van der Waals surface area (Å²) >= 11 is 0. The number of methoxy groups -OCH3 is 1. The summed E-state index contributed by atoms with van der Waals surface area (Å²) in [6, 6.07) is 8.43. The van der Waals surface area contributed by atoms with E-state index in [0.717, 1.165) is 6.07 Å². The number of rotatable bonds is 3. The van der Waals surface area contributed by atoms with Gasteiger partial charge in [0.2, 0.25) is 0 Å². The van der Waals surface area contributed by atoms with Crippen LogP contribution < -0.4 is 16.2 Å². The van der Waals surface area contributed by atoms with Crippen LogP contribution in [0.25, 0.3) is 22.2 Å². The van der Waals surface area contributed by atoms with Crippen molar-refractivity contribution in [2.24, 2.45) is 5.73 Å². The third-order valence-corrected chi connectivity index (χ3v) is 3.69. The molecule has 0 aliphatic carbocycles. The van der Waals surface area contributed by atoms with Crippen molar-refractivity contribution in [2.75, 3.05) is 12.8 Å². The second kappa shape index (κ2) is 5.77. The molecule has 0 saturated heterocycles. The van der Waals surface area contributed by atoms with Crippen LogP contribution in [-0.2, 0) is 0 Å². The van der Waals surface area contributed by atoms with E-state index in [1.54, 1.807) is 18.2 Å². The van der Waals surface area contributed by atoms with Gasteiger partial charge in [0, 0.05) is 17.0 Å². The molecule has 3 rings (SSSR count). The second-order valence-electron chi connectivity index (χ2n) is 5.10. The van der Waals surface area contributed by atoms with E-state index in [-0.39, 0.29) is 22.5 Å². The Balaban J connectivity index is 2.43. The maximum atomic E-state index is 14.2. The number of carbonyl (C=O) groups is 1. The normalized spacial score (nSPS) is 10.8. The minimum atomic E-state index is -1.13. The van der Waals surface area contributed by atoms with E-state index in [2.05, 4.69) is 4.98 Å². The molecule has 7 heteroatoms. The van der Waals surface area contributed by atoms with Crippen molar-refractivity contribution in [2.45, 2.75) is 0 Å². The smallest absolute Gasteiger partial charge is 0.253 e. The molecule has 122 valence electrons. The fourth-order valence-electron chi connectivity index (χ4n) is 2.53. The fraction of sp³-hybridized carbons (Fsp3) is 0.0588. The molecule has 2 aromatic carbocycles. The van der Waals surface area contributed by atoms with Gasteiger partial charge >= 0.3 is 0 Å². The maximum Gasteiger partial charge on any atom is 0.253 e. The van der Waals surface area contributed by atoms with Gasteiger partial charge in [0.1, 0.15) is 5.75 Å². The number of carbonyl (C=O) groups excluding carboxylic acids is 1. The molecule has 0 spiro atoms. The van der Waals surface area contributed by atoms with E-state index in [0.29, 0.717) is 16.7 Å². The number of fused-ring (bicyclic) bond motifs is 1. The Morgan fingerprint density at radius 2 is 1.96 bits per heavy atom. The fourth-order valence-corrected chi connectivity index (χ4v) is 2.53. The Kier molecular flexibility index (Phi) is 3.76. The molecule has 0 fully saturated rings. The Morgan fingerprint density at radius 1 is 1.21 bits per heavy atom. The number of anilines is 1. The minimum Gasteiger partial charge on any atom is -0.497 e. The zero-order valence-corrected chi connectivity index (χ0v) is 12.6. The largest absolute Gasteiger partial charge is 0.497 e. The van der Waals surface area contributed by atoms with Crippen LogP contribution >= 0.6 is 0 Å². The molecule has 1 aromatic heterocycles. The summed E-state index contributed by atoms with van der Waals surface area (Å²) in [7, 11) is 1.48. The summed E-state index contributed by atoms with van der Waals surface area (Å²) in [6.45, 7) is 0. The van der Waals surface area contributed by atoms with E-state index >= 15 is 0 Å². The summed E-state index contributed by atoms with van der Waals surface area (Å²) in [6.07, 6.45) is 0. The van der Waals surface area contributed by atoms with Crippen molar-refractivity contribution in [1.29, 1.82) is 0 Å². The Hall–Kier alpha value is -3.22. The number of ether oxygens (including phenoxy) is 1. The number of primary amides is 1. The summed E-state index contributed by atoms with van der Waals surface area (Å²) in [5, 5.41) is 0.463. The molecule has 3 aromatic rings. The highest BCUT2D eigenvalue weighted by Gasteiger charge is 2.22. The maximum absolute atomic E-state index is 14.2. The van der Waals surface area contributed by atoms with Gasteiger partial charge < -0.3 is 16.2 Å². The molecule has 0 saturated carbocycles. The van der Waals surface area contributed by atoms with E-state index in [4.69, 9.17) is 16.2 Å². The first kappa shape index (κ1) is 15.7. The van der Waals surface area contributed by atoms with E-state index in [1.165, 1.54) is 19.2 Å². The van der Waals surface area contributed by atoms with Crippen molar-refractivity contribution in [1.82, 2.24) is 4.98 Å². The predicted molar refractivity (Wildman–Crippen MR) is 86.6 cm³/mol. The number of hydrogen-bond acceptors (Lipinski definition) is 4. The van der Waals surface area contributed by atoms with Gasteiger partial charge in [-0.1, -0.05) is 6.07 Å². The highest BCUT2D eigenvalue weighted by Crippen LogP contribution is 2.34. The quantitative estimate of drug-likeness (QED) is 0.773. The standard InChI is InChI=1S/C17H13F2N3O2/c1-24-8-5-6-9-12(7-8)22-16(13(15(9)20)17(21)23)10-3-2-4-11(18)14(10)19/h2-7H,1H3,(H2,20,22)(H2,21,23). The number of pyridine rings is 1. The molecule has 0 unspecified atom stereocenters. The van der Waals surface area contributed by atoms with Gasteiger partial charge in [0.25, 0.3) is 5.91 Å². The molecule has 0 aliphatic heterocycles. The number of halogens is 2. The lowest BCUT2D eigenvalue weighted by Crippen LogP contribution is -2.17. The van der Waals surface area contributed by atoms with E-state index < -0.39 is 17.5 Å². The van der Waals surface area contributed by atoms with Gasteiger partial charge in [-0.2, -0.15) is 0 Å². The average Bonchev–Trinajstić information content (AvgIpc) is 2.56. The third kappa shape index (κ3) is 2.40. The molecular weight excluding hydrogens is 316 g/mol. The molecule has 0 bridgehead atoms. The van der Waals surface area contributed by atoms with Gasteiger partial charge in [-0.05, 0) is 24.3 Å². The number of nitrogens with two attached hydrogens (primary N) is 2. The zero-order valence-electron chi connectivity index (χ0n) is 12.6. The van der Waals surface area contributed by atoms with E-state index in [9.17, 15) is 13.6 Å². The summed E-state index contributed by atoms with van der Waals surface area (Å²) < 4.78 is 32.9. The number of amides is 1. The van der Waals surface area contributed by atoms with Crippen LogP contribution in [-0.4, -0.2) is 18.0 Å². The Morgan fingerprint density at radius 3 is 2.62 bits per heavy atom. The van der Waals surface area contributed by atoms with Crippen LogP contribution in [0.3, 0.4) is 0 Å².